The molecular formula is C17H11Cl4NO3. The van der Waals surface area contributed by atoms with Crippen LogP contribution < -0.4 is 5.32 Å². The third kappa shape index (κ3) is 6.25. The predicted molar refractivity (Wildman–Crippen MR) is 102 cm³/mol. The van der Waals surface area contributed by atoms with Gasteiger partial charge >= 0.3 is 5.97 Å². The fourth-order valence-corrected chi connectivity index (χ4v) is 2.57. The van der Waals surface area contributed by atoms with E-state index in [1.54, 1.807) is 30.3 Å². The normalized spacial score (nSPS) is 10.7. The molecule has 0 bridgehead atoms. The van der Waals surface area contributed by atoms with Gasteiger partial charge in [-0.3, -0.25) is 4.79 Å². The number of amides is 1. The Morgan fingerprint density at radius 3 is 2.36 bits per heavy atom. The van der Waals surface area contributed by atoms with Crippen LogP contribution in [0.25, 0.3) is 6.08 Å². The van der Waals surface area contributed by atoms with E-state index in [-0.39, 0.29) is 0 Å². The molecule has 0 radical (unpaired) electrons. The molecule has 0 aliphatic carbocycles. The number of ether oxygens (including phenoxy) is 1. The van der Waals surface area contributed by atoms with Crippen molar-refractivity contribution in [3.63, 3.8) is 0 Å². The molecule has 0 aromatic heterocycles. The van der Waals surface area contributed by atoms with Crippen molar-refractivity contribution in [3.05, 3.63) is 68.1 Å². The molecule has 0 unspecified atom stereocenters. The zero-order valence-corrected chi connectivity index (χ0v) is 15.6. The lowest BCUT2D eigenvalue weighted by Crippen LogP contribution is -2.20. The van der Waals surface area contributed by atoms with Gasteiger partial charge in [-0.05, 0) is 42.0 Å². The first-order chi connectivity index (χ1) is 11.8. The van der Waals surface area contributed by atoms with Gasteiger partial charge in [0.05, 0.1) is 10.7 Å². The molecule has 1 amide bonds. The summed E-state index contributed by atoms with van der Waals surface area (Å²) < 4.78 is 4.85. The Labute approximate surface area is 164 Å². The summed E-state index contributed by atoms with van der Waals surface area (Å²) in [6.07, 6.45) is 2.63. The van der Waals surface area contributed by atoms with Crippen LogP contribution in [0.4, 0.5) is 5.69 Å². The van der Waals surface area contributed by atoms with Crippen molar-refractivity contribution in [2.75, 3.05) is 11.9 Å². The highest BCUT2D eigenvalue weighted by Gasteiger charge is 2.09. The average Bonchev–Trinajstić information content (AvgIpc) is 2.55. The zero-order valence-electron chi connectivity index (χ0n) is 12.6. The van der Waals surface area contributed by atoms with E-state index in [1.807, 2.05) is 0 Å². The molecule has 130 valence electrons. The monoisotopic (exact) mass is 417 g/mol. The topological polar surface area (TPSA) is 55.4 Å². The summed E-state index contributed by atoms with van der Waals surface area (Å²) in [7, 11) is 0. The van der Waals surface area contributed by atoms with Crippen molar-refractivity contribution in [1.29, 1.82) is 0 Å². The molecular weight excluding hydrogens is 408 g/mol. The van der Waals surface area contributed by atoms with E-state index in [4.69, 9.17) is 51.1 Å². The Morgan fingerprint density at radius 2 is 1.64 bits per heavy atom. The molecule has 0 atom stereocenters. The summed E-state index contributed by atoms with van der Waals surface area (Å²) in [6, 6.07) is 9.47. The molecule has 2 rings (SSSR count). The SMILES string of the molecule is O=C(COC(=O)C=Cc1ccc(Cl)cc1Cl)Nc1cc(Cl)ccc1Cl. The van der Waals surface area contributed by atoms with Gasteiger partial charge in [0.25, 0.3) is 5.91 Å². The third-order valence-corrected chi connectivity index (χ3v) is 4.04. The molecule has 2 aromatic carbocycles. The highest BCUT2D eigenvalue weighted by molar-refractivity contribution is 6.36. The largest absolute Gasteiger partial charge is 0.452 e. The summed E-state index contributed by atoms with van der Waals surface area (Å²) in [5.41, 5.74) is 0.928. The summed E-state index contributed by atoms with van der Waals surface area (Å²) in [6.45, 7) is -0.472. The van der Waals surface area contributed by atoms with Gasteiger partial charge in [0.15, 0.2) is 6.61 Å². The summed E-state index contributed by atoms with van der Waals surface area (Å²) in [5.74, 6) is -1.24. The molecule has 25 heavy (non-hydrogen) atoms. The van der Waals surface area contributed by atoms with E-state index >= 15 is 0 Å². The number of anilines is 1. The van der Waals surface area contributed by atoms with Gasteiger partial charge in [-0.1, -0.05) is 52.5 Å². The minimum atomic E-state index is -0.696. The molecule has 0 saturated heterocycles. The van der Waals surface area contributed by atoms with Crippen LogP contribution in [0, 0.1) is 0 Å². The number of carbonyl (C=O) groups excluding carboxylic acids is 2. The lowest BCUT2D eigenvalue weighted by molar-refractivity contribution is -0.142. The fraction of sp³-hybridized carbons (Fsp3) is 0.0588. The minimum Gasteiger partial charge on any atom is -0.452 e. The van der Waals surface area contributed by atoms with Crippen LogP contribution in [0.5, 0.6) is 0 Å². The molecule has 0 spiro atoms. The number of halogens is 4. The van der Waals surface area contributed by atoms with Crippen molar-refractivity contribution in [2.45, 2.75) is 0 Å². The van der Waals surface area contributed by atoms with Crippen molar-refractivity contribution in [1.82, 2.24) is 0 Å². The molecule has 2 aromatic rings. The van der Waals surface area contributed by atoms with Gasteiger partial charge in [0.1, 0.15) is 0 Å². The van der Waals surface area contributed by atoms with Crippen LogP contribution in [0.3, 0.4) is 0 Å². The average molecular weight is 419 g/mol. The van der Waals surface area contributed by atoms with Gasteiger partial charge in [-0.2, -0.15) is 0 Å². The molecule has 0 fully saturated rings. The zero-order chi connectivity index (χ0) is 18.4. The molecule has 0 aliphatic rings. The first kappa shape index (κ1) is 19.6. The first-order valence-corrected chi connectivity index (χ1v) is 8.41. The Hall–Kier alpha value is -1.72. The maximum Gasteiger partial charge on any atom is 0.331 e. The predicted octanol–water partition coefficient (Wildman–Crippen LogP) is 5.50. The van der Waals surface area contributed by atoms with Gasteiger partial charge in [-0.15, -0.1) is 0 Å². The molecule has 0 heterocycles. The molecule has 4 nitrogen and oxygen atoms in total. The van der Waals surface area contributed by atoms with Gasteiger partial charge < -0.3 is 10.1 Å². The van der Waals surface area contributed by atoms with Crippen LogP contribution in [0.1, 0.15) is 5.56 Å². The van der Waals surface area contributed by atoms with E-state index in [0.29, 0.717) is 31.3 Å². The maximum atomic E-state index is 11.8. The van der Waals surface area contributed by atoms with Crippen molar-refractivity contribution in [2.24, 2.45) is 0 Å². The number of nitrogens with one attached hydrogen (secondary N) is 1. The van der Waals surface area contributed by atoms with Crippen LogP contribution in [-0.2, 0) is 14.3 Å². The van der Waals surface area contributed by atoms with E-state index in [2.05, 4.69) is 5.32 Å². The number of esters is 1. The van der Waals surface area contributed by atoms with Crippen LogP contribution in [0.2, 0.25) is 20.1 Å². The van der Waals surface area contributed by atoms with Gasteiger partial charge in [0.2, 0.25) is 0 Å². The highest BCUT2D eigenvalue weighted by atomic mass is 35.5. The second-order valence-electron chi connectivity index (χ2n) is 4.78. The Balaban J connectivity index is 1.87. The molecule has 8 heteroatoms. The first-order valence-electron chi connectivity index (χ1n) is 6.90. The summed E-state index contributed by atoms with van der Waals surface area (Å²) >= 11 is 23.5. The quantitative estimate of drug-likeness (QED) is 0.515. The minimum absolute atomic E-state index is 0.321. The number of benzene rings is 2. The maximum absolute atomic E-state index is 11.8. The van der Waals surface area contributed by atoms with E-state index in [1.165, 1.54) is 12.1 Å². The van der Waals surface area contributed by atoms with E-state index in [9.17, 15) is 9.59 Å². The number of hydrogen-bond acceptors (Lipinski definition) is 3. The summed E-state index contributed by atoms with van der Waals surface area (Å²) in [5, 5.41) is 4.12. The lowest BCUT2D eigenvalue weighted by Gasteiger charge is -2.07. The van der Waals surface area contributed by atoms with Crippen molar-refractivity contribution in [3.8, 4) is 0 Å². The van der Waals surface area contributed by atoms with E-state index in [0.717, 1.165) is 6.08 Å². The number of rotatable bonds is 5. The Morgan fingerprint density at radius 1 is 0.960 bits per heavy atom. The standard InChI is InChI=1S/C17H11Cl4NO3/c18-11-3-1-10(14(21)7-11)2-6-17(24)25-9-16(23)22-15-8-12(19)4-5-13(15)20/h1-8H,9H2,(H,22,23). The fourth-order valence-electron chi connectivity index (χ4n) is 1.76. The second kappa shape index (κ2) is 9.11. The Bertz CT molecular complexity index is 837. The molecule has 1 N–H and O–H groups in total. The smallest absolute Gasteiger partial charge is 0.331 e. The molecule has 0 aliphatic heterocycles. The summed E-state index contributed by atoms with van der Waals surface area (Å²) in [4.78, 5) is 23.5. The molecule has 0 saturated carbocycles. The highest BCUT2D eigenvalue weighted by Crippen LogP contribution is 2.25. The van der Waals surface area contributed by atoms with Crippen LogP contribution >= 0.6 is 46.4 Å². The van der Waals surface area contributed by atoms with Crippen molar-refractivity contribution >= 4 is 70.0 Å². The van der Waals surface area contributed by atoms with E-state index < -0.39 is 18.5 Å². The van der Waals surface area contributed by atoms with Gasteiger partial charge in [-0.25, -0.2) is 4.79 Å². The lowest BCUT2D eigenvalue weighted by atomic mass is 10.2. The van der Waals surface area contributed by atoms with Crippen LogP contribution in [-0.4, -0.2) is 18.5 Å². The van der Waals surface area contributed by atoms with Crippen LogP contribution in [0.15, 0.2) is 42.5 Å². The Kier molecular flexibility index (Phi) is 7.14. The van der Waals surface area contributed by atoms with Crippen molar-refractivity contribution < 1.29 is 14.3 Å². The van der Waals surface area contributed by atoms with Gasteiger partial charge in [0, 0.05) is 21.1 Å². The number of carbonyl (C=O) groups is 2. The second-order valence-corrected chi connectivity index (χ2v) is 6.47. The third-order valence-electron chi connectivity index (χ3n) is 2.91. The number of hydrogen-bond donors (Lipinski definition) is 1.